The number of β-amino-alcohol motifs (C(OH)–C–C–N with tert-alkyl or cyclic N) is 1. The summed E-state index contributed by atoms with van der Waals surface area (Å²) in [6.45, 7) is 1.99. The van der Waals surface area contributed by atoms with E-state index in [1.54, 1.807) is 17.3 Å². The summed E-state index contributed by atoms with van der Waals surface area (Å²) in [7, 11) is 0. The summed E-state index contributed by atoms with van der Waals surface area (Å²) in [5, 5.41) is 19.6. The van der Waals surface area contributed by atoms with E-state index in [0.29, 0.717) is 26.2 Å². The molecule has 0 radical (unpaired) electrons. The monoisotopic (exact) mass is 291 g/mol. The zero-order valence-electron chi connectivity index (χ0n) is 12.0. The van der Waals surface area contributed by atoms with Gasteiger partial charge in [0.2, 0.25) is 5.91 Å². The molecule has 0 bridgehead atoms. The predicted octanol–water partition coefficient (Wildman–Crippen LogP) is -0.136. The molecule has 0 aromatic carbocycles. The molecule has 0 unspecified atom stereocenters. The van der Waals surface area contributed by atoms with Gasteiger partial charge >= 0.3 is 0 Å². The molecule has 1 saturated heterocycles. The van der Waals surface area contributed by atoms with Crippen molar-refractivity contribution >= 4 is 11.6 Å². The molecule has 1 atom stereocenters. The van der Waals surface area contributed by atoms with Crippen LogP contribution < -0.4 is 4.90 Å². The molecular weight excluding hydrogens is 270 g/mol. The fourth-order valence-corrected chi connectivity index (χ4v) is 2.89. The zero-order valence-corrected chi connectivity index (χ0v) is 12.0. The SMILES string of the molecule is O=C(N1CCN(c2ccncc2)C[C@H](O)C1)C1(CO)CC1. The highest BCUT2D eigenvalue weighted by molar-refractivity contribution is 5.85. The van der Waals surface area contributed by atoms with Gasteiger partial charge in [-0.3, -0.25) is 9.78 Å². The van der Waals surface area contributed by atoms with Crippen LogP contribution in [0.2, 0.25) is 0 Å². The highest BCUT2D eigenvalue weighted by Crippen LogP contribution is 2.46. The second-order valence-electron chi connectivity index (χ2n) is 5.99. The first-order valence-corrected chi connectivity index (χ1v) is 7.38. The lowest BCUT2D eigenvalue weighted by Crippen LogP contribution is -2.43. The maximum absolute atomic E-state index is 12.5. The molecular formula is C15H21N3O3. The summed E-state index contributed by atoms with van der Waals surface area (Å²) in [6.07, 6.45) is 4.37. The van der Waals surface area contributed by atoms with Crippen molar-refractivity contribution < 1.29 is 15.0 Å². The van der Waals surface area contributed by atoms with E-state index in [9.17, 15) is 15.0 Å². The molecule has 1 saturated carbocycles. The largest absolute Gasteiger partial charge is 0.395 e. The molecule has 2 heterocycles. The van der Waals surface area contributed by atoms with Gasteiger partial charge in [-0.15, -0.1) is 0 Å². The smallest absolute Gasteiger partial charge is 0.231 e. The van der Waals surface area contributed by atoms with Gasteiger partial charge in [0.25, 0.3) is 0 Å². The highest BCUT2D eigenvalue weighted by atomic mass is 16.3. The van der Waals surface area contributed by atoms with E-state index in [0.717, 1.165) is 18.5 Å². The summed E-state index contributed by atoms with van der Waals surface area (Å²) in [5.74, 6) is -0.0133. The Morgan fingerprint density at radius 1 is 1.29 bits per heavy atom. The molecule has 2 fully saturated rings. The average Bonchev–Trinajstić information content (AvgIpc) is 3.32. The third-order valence-corrected chi connectivity index (χ3v) is 4.43. The zero-order chi connectivity index (χ0) is 14.9. The molecule has 1 amide bonds. The Morgan fingerprint density at radius 3 is 2.62 bits per heavy atom. The van der Waals surface area contributed by atoms with Gasteiger partial charge in [0.15, 0.2) is 0 Å². The van der Waals surface area contributed by atoms with Crippen molar-refractivity contribution in [3.63, 3.8) is 0 Å². The molecule has 2 N–H and O–H groups in total. The topological polar surface area (TPSA) is 76.9 Å². The third-order valence-electron chi connectivity index (χ3n) is 4.43. The van der Waals surface area contributed by atoms with E-state index in [4.69, 9.17) is 0 Å². The Balaban J connectivity index is 1.70. The molecule has 21 heavy (non-hydrogen) atoms. The second kappa shape index (κ2) is 5.61. The lowest BCUT2D eigenvalue weighted by atomic mass is 10.1. The van der Waals surface area contributed by atoms with E-state index in [1.165, 1.54) is 0 Å². The summed E-state index contributed by atoms with van der Waals surface area (Å²) in [4.78, 5) is 20.2. The summed E-state index contributed by atoms with van der Waals surface area (Å²) < 4.78 is 0. The van der Waals surface area contributed by atoms with E-state index < -0.39 is 11.5 Å². The molecule has 6 nitrogen and oxygen atoms in total. The number of nitrogens with zero attached hydrogens (tertiary/aromatic N) is 3. The molecule has 6 heteroatoms. The van der Waals surface area contributed by atoms with Crippen LogP contribution in [0.4, 0.5) is 5.69 Å². The Morgan fingerprint density at radius 2 is 2.00 bits per heavy atom. The van der Waals surface area contributed by atoms with Crippen LogP contribution >= 0.6 is 0 Å². The number of hydrogen-bond donors (Lipinski definition) is 2. The van der Waals surface area contributed by atoms with Crippen molar-refractivity contribution in [2.45, 2.75) is 18.9 Å². The van der Waals surface area contributed by atoms with Crippen molar-refractivity contribution in [1.82, 2.24) is 9.88 Å². The Labute approximate surface area is 124 Å². The molecule has 1 aliphatic carbocycles. The molecule has 0 spiro atoms. The van der Waals surface area contributed by atoms with Crippen LogP contribution in [0.15, 0.2) is 24.5 Å². The lowest BCUT2D eigenvalue weighted by Gasteiger charge is -2.26. The van der Waals surface area contributed by atoms with E-state index >= 15 is 0 Å². The normalized spacial score (nSPS) is 24.6. The first-order valence-electron chi connectivity index (χ1n) is 7.38. The molecule has 1 aromatic heterocycles. The lowest BCUT2D eigenvalue weighted by molar-refractivity contribution is -0.139. The standard InChI is InChI=1S/C15H21N3O3/c19-11-15(3-4-15)14(21)18-8-7-17(9-13(20)10-18)12-1-5-16-6-2-12/h1-2,5-6,13,19-20H,3-4,7-11H2/t13-/m0/s1. The average molecular weight is 291 g/mol. The van der Waals surface area contributed by atoms with Gasteiger partial charge in [0.05, 0.1) is 18.1 Å². The van der Waals surface area contributed by atoms with Crippen LogP contribution in [0.25, 0.3) is 0 Å². The Hall–Kier alpha value is -1.66. The number of carbonyl (C=O) groups is 1. The van der Waals surface area contributed by atoms with Gasteiger partial charge in [-0.1, -0.05) is 0 Å². The number of anilines is 1. The van der Waals surface area contributed by atoms with Crippen LogP contribution in [0.5, 0.6) is 0 Å². The predicted molar refractivity (Wildman–Crippen MR) is 77.8 cm³/mol. The minimum absolute atomic E-state index is 0.0133. The molecule has 114 valence electrons. The Kier molecular flexibility index (Phi) is 3.82. The van der Waals surface area contributed by atoms with Crippen LogP contribution in [0, 0.1) is 5.41 Å². The quantitative estimate of drug-likeness (QED) is 0.811. The molecule has 1 aliphatic heterocycles. The van der Waals surface area contributed by atoms with Gasteiger partial charge in [-0.2, -0.15) is 0 Å². The van der Waals surface area contributed by atoms with Crippen molar-refractivity contribution in [2.24, 2.45) is 5.41 Å². The number of aliphatic hydroxyl groups excluding tert-OH is 2. The molecule has 1 aromatic rings. The fourth-order valence-electron chi connectivity index (χ4n) is 2.89. The Bertz CT molecular complexity index is 504. The number of carbonyl (C=O) groups excluding carboxylic acids is 1. The van der Waals surface area contributed by atoms with E-state index in [1.807, 2.05) is 12.1 Å². The van der Waals surface area contributed by atoms with Crippen LogP contribution in [0.1, 0.15) is 12.8 Å². The van der Waals surface area contributed by atoms with Crippen LogP contribution in [-0.4, -0.2) is 64.9 Å². The maximum atomic E-state index is 12.5. The highest BCUT2D eigenvalue weighted by Gasteiger charge is 2.51. The van der Waals surface area contributed by atoms with Crippen molar-refractivity contribution in [3.8, 4) is 0 Å². The van der Waals surface area contributed by atoms with Crippen molar-refractivity contribution in [3.05, 3.63) is 24.5 Å². The van der Waals surface area contributed by atoms with Crippen LogP contribution in [-0.2, 0) is 4.79 Å². The van der Waals surface area contributed by atoms with Gasteiger partial charge in [-0.05, 0) is 25.0 Å². The summed E-state index contributed by atoms with van der Waals surface area (Å²) in [6, 6.07) is 3.81. The first kappa shape index (κ1) is 14.3. The van der Waals surface area contributed by atoms with Gasteiger partial charge in [0.1, 0.15) is 0 Å². The van der Waals surface area contributed by atoms with Crippen LogP contribution in [0.3, 0.4) is 0 Å². The van der Waals surface area contributed by atoms with E-state index in [2.05, 4.69) is 9.88 Å². The summed E-state index contributed by atoms with van der Waals surface area (Å²) in [5.41, 5.74) is 0.438. The van der Waals surface area contributed by atoms with Gasteiger partial charge in [-0.25, -0.2) is 0 Å². The molecule has 2 aliphatic rings. The van der Waals surface area contributed by atoms with Gasteiger partial charge in [0, 0.05) is 44.3 Å². The van der Waals surface area contributed by atoms with Crippen molar-refractivity contribution in [1.29, 1.82) is 0 Å². The molecule has 3 rings (SSSR count). The number of aliphatic hydroxyl groups is 2. The van der Waals surface area contributed by atoms with Crippen molar-refractivity contribution in [2.75, 3.05) is 37.7 Å². The van der Waals surface area contributed by atoms with Gasteiger partial charge < -0.3 is 20.0 Å². The van der Waals surface area contributed by atoms with E-state index in [-0.39, 0.29) is 12.5 Å². The number of hydrogen-bond acceptors (Lipinski definition) is 5. The fraction of sp³-hybridized carbons (Fsp3) is 0.600. The third kappa shape index (κ3) is 2.87. The minimum Gasteiger partial charge on any atom is -0.395 e. The number of pyridine rings is 1. The second-order valence-corrected chi connectivity index (χ2v) is 5.99. The number of rotatable bonds is 3. The number of amides is 1. The minimum atomic E-state index is -0.584. The summed E-state index contributed by atoms with van der Waals surface area (Å²) >= 11 is 0. The maximum Gasteiger partial charge on any atom is 0.231 e. The first-order chi connectivity index (χ1) is 10.1. The number of aromatic nitrogens is 1.